The molecule has 0 spiro atoms. The summed E-state index contributed by atoms with van der Waals surface area (Å²) in [6, 6.07) is 0. The van der Waals surface area contributed by atoms with E-state index in [1.807, 2.05) is 6.92 Å². The van der Waals surface area contributed by atoms with Gasteiger partial charge in [0, 0.05) is 18.1 Å². The number of carbonyl (C=O) groups excluding carboxylic acids is 1. The van der Waals surface area contributed by atoms with E-state index in [9.17, 15) is 4.79 Å². The molecular formula is C13H25NO3S. The van der Waals surface area contributed by atoms with Crippen LogP contribution in [-0.2, 0) is 14.3 Å². The van der Waals surface area contributed by atoms with Crippen molar-refractivity contribution in [1.29, 1.82) is 0 Å². The zero-order valence-electron chi connectivity index (χ0n) is 11.7. The minimum atomic E-state index is -0.589. The van der Waals surface area contributed by atoms with Crippen LogP contribution in [-0.4, -0.2) is 49.4 Å². The standard InChI is InChI=1S/C13H25NO3S/c1-4-7-14-13(2,12(15)16-3)10-18-9-11-6-5-8-17-11/h11,14H,4-10H2,1-3H3. The van der Waals surface area contributed by atoms with Crippen LogP contribution in [0.1, 0.15) is 33.1 Å². The third kappa shape index (κ3) is 4.78. The van der Waals surface area contributed by atoms with Crippen LogP contribution in [0.2, 0.25) is 0 Å². The van der Waals surface area contributed by atoms with E-state index >= 15 is 0 Å². The number of hydrogen-bond acceptors (Lipinski definition) is 5. The number of esters is 1. The van der Waals surface area contributed by atoms with Crippen LogP contribution in [0.5, 0.6) is 0 Å². The first-order valence-electron chi connectivity index (χ1n) is 6.65. The van der Waals surface area contributed by atoms with Crippen molar-refractivity contribution in [3.63, 3.8) is 0 Å². The van der Waals surface area contributed by atoms with Gasteiger partial charge >= 0.3 is 5.97 Å². The summed E-state index contributed by atoms with van der Waals surface area (Å²) in [5.41, 5.74) is -0.589. The van der Waals surface area contributed by atoms with Gasteiger partial charge in [0.2, 0.25) is 0 Å². The fourth-order valence-corrected chi connectivity index (χ4v) is 3.25. The highest BCUT2D eigenvalue weighted by Gasteiger charge is 2.33. The van der Waals surface area contributed by atoms with Crippen LogP contribution in [0.4, 0.5) is 0 Å². The molecule has 106 valence electrons. The van der Waals surface area contributed by atoms with Gasteiger partial charge in [-0.15, -0.1) is 0 Å². The lowest BCUT2D eigenvalue weighted by Crippen LogP contribution is -2.52. The van der Waals surface area contributed by atoms with Crippen LogP contribution in [0.25, 0.3) is 0 Å². The fourth-order valence-electron chi connectivity index (χ4n) is 1.98. The lowest BCUT2D eigenvalue weighted by atomic mass is 10.1. The molecule has 1 aliphatic rings. The summed E-state index contributed by atoms with van der Waals surface area (Å²) >= 11 is 1.76. The molecule has 0 aromatic rings. The minimum absolute atomic E-state index is 0.184. The molecular weight excluding hydrogens is 250 g/mol. The summed E-state index contributed by atoms with van der Waals surface area (Å²) < 4.78 is 10.5. The van der Waals surface area contributed by atoms with Crippen molar-refractivity contribution in [3.05, 3.63) is 0 Å². The number of carbonyl (C=O) groups is 1. The Morgan fingerprint density at radius 2 is 2.39 bits per heavy atom. The third-order valence-corrected chi connectivity index (χ3v) is 4.51. The number of thioether (sulfide) groups is 1. The Labute approximate surface area is 114 Å². The average molecular weight is 275 g/mol. The number of methoxy groups -OCH3 is 1. The number of rotatable bonds is 8. The van der Waals surface area contributed by atoms with Crippen LogP contribution in [0, 0.1) is 0 Å². The van der Waals surface area contributed by atoms with Gasteiger partial charge < -0.3 is 14.8 Å². The Morgan fingerprint density at radius 1 is 1.61 bits per heavy atom. The quantitative estimate of drug-likeness (QED) is 0.685. The minimum Gasteiger partial charge on any atom is -0.468 e. The smallest absolute Gasteiger partial charge is 0.326 e. The second kappa shape index (κ2) is 8.02. The first-order chi connectivity index (χ1) is 8.62. The van der Waals surface area contributed by atoms with E-state index < -0.39 is 5.54 Å². The molecule has 0 saturated carbocycles. The Bertz CT molecular complexity index is 257. The molecule has 0 amide bonds. The summed E-state index contributed by atoms with van der Waals surface area (Å²) in [6.45, 7) is 5.71. The molecule has 0 aromatic heterocycles. The average Bonchev–Trinajstić information content (AvgIpc) is 2.88. The Balaban J connectivity index is 2.37. The lowest BCUT2D eigenvalue weighted by molar-refractivity contribution is -0.146. The first-order valence-corrected chi connectivity index (χ1v) is 7.80. The molecule has 1 saturated heterocycles. The number of hydrogen-bond donors (Lipinski definition) is 1. The highest BCUT2D eigenvalue weighted by molar-refractivity contribution is 7.99. The molecule has 0 aliphatic carbocycles. The molecule has 1 aliphatic heterocycles. The van der Waals surface area contributed by atoms with Crippen molar-refractivity contribution >= 4 is 17.7 Å². The first kappa shape index (κ1) is 15.8. The Kier molecular flexibility index (Phi) is 7.04. The van der Waals surface area contributed by atoms with Crippen molar-refractivity contribution in [3.8, 4) is 0 Å². The van der Waals surface area contributed by atoms with E-state index in [4.69, 9.17) is 9.47 Å². The summed E-state index contributed by atoms with van der Waals surface area (Å²) in [4.78, 5) is 11.8. The van der Waals surface area contributed by atoms with Gasteiger partial charge in [-0.3, -0.25) is 4.79 Å². The highest BCUT2D eigenvalue weighted by atomic mass is 32.2. The monoisotopic (exact) mass is 275 g/mol. The van der Waals surface area contributed by atoms with Gasteiger partial charge in [0.25, 0.3) is 0 Å². The predicted molar refractivity (Wildman–Crippen MR) is 75.0 cm³/mol. The van der Waals surface area contributed by atoms with Gasteiger partial charge in [0.05, 0.1) is 13.2 Å². The number of nitrogens with one attached hydrogen (secondary N) is 1. The molecule has 1 rings (SSSR count). The largest absolute Gasteiger partial charge is 0.468 e. The normalized spacial score (nSPS) is 22.7. The summed E-state index contributed by atoms with van der Waals surface area (Å²) in [5, 5.41) is 3.29. The summed E-state index contributed by atoms with van der Waals surface area (Å²) in [5.74, 6) is 1.50. The molecule has 2 unspecified atom stereocenters. The van der Waals surface area contributed by atoms with Crippen molar-refractivity contribution < 1.29 is 14.3 Å². The van der Waals surface area contributed by atoms with Gasteiger partial charge in [0.15, 0.2) is 0 Å². The molecule has 1 N–H and O–H groups in total. The molecule has 0 radical (unpaired) electrons. The maximum atomic E-state index is 11.8. The number of ether oxygens (including phenoxy) is 2. The predicted octanol–water partition coefficient (Wildman–Crippen LogP) is 1.83. The molecule has 4 nitrogen and oxygen atoms in total. The molecule has 1 fully saturated rings. The van der Waals surface area contributed by atoms with Gasteiger partial charge in [0.1, 0.15) is 5.54 Å². The maximum Gasteiger partial charge on any atom is 0.326 e. The molecule has 5 heteroatoms. The summed E-state index contributed by atoms with van der Waals surface area (Å²) in [7, 11) is 1.44. The molecule has 1 heterocycles. The maximum absolute atomic E-state index is 11.8. The van der Waals surface area contributed by atoms with E-state index in [0.29, 0.717) is 6.10 Å². The third-order valence-electron chi connectivity index (χ3n) is 3.12. The van der Waals surface area contributed by atoms with Gasteiger partial charge in [-0.25, -0.2) is 0 Å². The van der Waals surface area contributed by atoms with Crippen LogP contribution in [0.3, 0.4) is 0 Å². The van der Waals surface area contributed by atoms with E-state index in [1.165, 1.54) is 7.11 Å². The van der Waals surface area contributed by atoms with Gasteiger partial charge in [-0.2, -0.15) is 11.8 Å². The second-order valence-corrected chi connectivity index (χ2v) is 5.93. The van der Waals surface area contributed by atoms with Crippen molar-refractivity contribution in [2.75, 3.05) is 31.8 Å². The van der Waals surface area contributed by atoms with Gasteiger partial charge in [-0.05, 0) is 32.7 Å². The van der Waals surface area contributed by atoms with Crippen molar-refractivity contribution in [2.45, 2.75) is 44.8 Å². The highest BCUT2D eigenvalue weighted by Crippen LogP contribution is 2.21. The van der Waals surface area contributed by atoms with Crippen LogP contribution >= 0.6 is 11.8 Å². The fraction of sp³-hybridized carbons (Fsp3) is 0.923. The van der Waals surface area contributed by atoms with E-state index in [-0.39, 0.29) is 5.97 Å². The zero-order valence-corrected chi connectivity index (χ0v) is 12.5. The molecule has 2 atom stereocenters. The summed E-state index contributed by atoms with van der Waals surface area (Å²) in [6.07, 6.45) is 3.67. The zero-order chi connectivity index (χ0) is 13.4. The van der Waals surface area contributed by atoms with Crippen LogP contribution < -0.4 is 5.32 Å². The van der Waals surface area contributed by atoms with E-state index in [2.05, 4.69) is 12.2 Å². The lowest BCUT2D eigenvalue weighted by Gasteiger charge is -2.28. The Hall–Kier alpha value is -0.260. The molecule has 18 heavy (non-hydrogen) atoms. The molecule has 0 aromatic carbocycles. The SMILES string of the molecule is CCCNC(C)(CSCC1CCCO1)C(=O)OC. The topological polar surface area (TPSA) is 47.6 Å². The van der Waals surface area contributed by atoms with Gasteiger partial charge in [-0.1, -0.05) is 6.92 Å². The second-order valence-electron chi connectivity index (χ2n) is 4.90. The Morgan fingerprint density at radius 3 is 2.94 bits per heavy atom. The van der Waals surface area contributed by atoms with E-state index in [0.717, 1.165) is 43.9 Å². The van der Waals surface area contributed by atoms with Crippen molar-refractivity contribution in [1.82, 2.24) is 5.32 Å². The molecule has 0 bridgehead atoms. The van der Waals surface area contributed by atoms with Crippen LogP contribution in [0.15, 0.2) is 0 Å². The van der Waals surface area contributed by atoms with E-state index in [1.54, 1.807) is 11.8 Å². The van der Waals surface area contributed by atoms with Crippen molar-refractivity contribution in [2.24, 2.45) is 0 Å².